The fourth-order valence-electron chi connectivity index (χ4n) is 2.87. The Morgan fingerprint density at radius 2 is 1.96 bits per heavy atom. The van der Waals surface area contributed by atoms with Gasteiger partial charge in [-0.2, -0.15) is 0 Å². The second-order valence-corrected chi connectivity index (χ2v) is 7.07. The molecule has 1 aliphatic heterocycles. The summed E-state index contributed by atoms with van der Waals surface area (Å²) in [6.07, 6.45) is 2.76. The number of nitrogens with zero attached hydrogens (tertiary/aromatic N) is 1. The highest BCUT2D eigenvalue weighted by molar-refractivity contribution is 7.12. The SMILES string of the molecule is O=C(CNC(=O)C1CCN(C(=O)c2cccs2)CC1)NCc1ccco1. The van der Waals surface area contributed by atoms with Gasteiger partial charge in [-0.05, 0) is 36.4 Å². The third kappa shape index (κ3) is 4.72. The number of hydrogen-bond acceptors (Lipinski definition) is 5. The maximum Gasteiger partial charge on any atom is 0.263 e. The van der Waals surface area contributed by atoms with Crippen LogP contribution in [0.4, 0.5) is 0 Å². The van der Waals surface area contributed by atoms with E-state index < -0.39 is 0 Å². The lowest BCUT2D eigenvalue weighted by molar-refractivity contribution is -0.129. The first-order valence-electron chi connectivity index (χ1n) is 8.53. The van der Waals surface area contributed by atoms with Gasteiger partial charge in [-0.1, -0.05) is 6.07 Å². The van der Waals surface area contributed by atoms with Crippen LogP contribution >= 0.6 is 11.3 Å². The lowest BCUT2D eigenvalue weighted by atomic mass is 9.96. The molecule has 1 saturated heterocycles. The molecule has 0 aliphatic carbocycles. The summed E-state index contributed by atoms with van der Waals surface area (Å²) in [7, 11) is 0. The summed E-state index contributed by atoms with van der Waals surface area (Å²) < 4.78 is 5.13. The Balaban J connectivity index is 1.37. The largest absolute Gasteiger partial charge is 0.467 e. The summed E-state index contributed by atoms with van der Waals surface area (Å²) in [6.45, 7) is 1.35. The van der Waals surface area contributed by atoms with Crippen molar-refractivity contribution in [1.82, 2.24) is 15.5 Å². The summed E-state index contributed by atoms with van der Waals surface area (Å²) in [5.41, 5.74) is 0. The first-order chi connectivity index (χ1) is 12.6. The number of carbonyl (C=O) groups is 3. The van der Waals surface area contributed by atoms with E-state index in [1.807, 2.05) is 17.5 Å². The van der Waals surface area contributed by atoms with Crippen molar-refractivity contribution in [3.63, 3.8) is 0 Å². The molecule has 1 fully saturated rings. The molecule has 3 amide bonds. The highest BCUT2D eigenvalue weighted by atomic mass is 32.1. The lowest BCUT2D eigenvalue weighted by Gasteiger charge is -2.31. The molecule has 1 aliphatic rings. The number of hydrogen-bond donors (Lipinski definition) is 2. The van der Waals surface area contributed by atoms with Crippen molar-refractivity contribution in [2.24, 2.45) is 5.92 Å². The van der Waals surface area contributed by atoms with Gasteiger partial charge in [-0.25, -0.2) is 0 Å². The smallest absolute Gasteiger partial charge is 0.263 e. The summed E-state index contributed by atoms with van der Waals surface area (Å²) in [4.78, 5) is 38.8. The second kappa shape index (κ2) is 8.66. The van der Waals surface area contributed by atoms with Crippen LogP contribution in [0.25, 0.3) is 0 Å². The molecule has 3 heterocycles. The van der Waals surface area contributed by atoms with E-state index in [9.17, 15) is 14.4 Å². The quantitative estimate of drug-likeness (QED) is 0.803. The number of furan rings is 1. The van der Waals surface area contributed by atoms with Gasteiger partial charge >= 0.3 is 0 Å². The Bertz CT molecular complexity index is 735. The van der Waals surface area contributed by atoms with Crippen LogP contribution in [0, 0.1) is 5.92 Å². The van der Waals surface area contributed by atoms with Crippen molar-refractivity contribution >= 4 is 29.1 Å². The average molecular weight is 375 g/mol. The van der Waals surface area contributed by atoms with Crippen LogP contribution in [0.15, 0.2) is 40.3 Å². The molecule has 26 heavy (non-hydrogen) atoms. The van der Waals surface area contributed by atoms with Gasteiger partial charge in [0, 0.05) is 19.0 Å². The topological polar surface area (TPSA) is 91.7 Å². The minimum atomic E-state index is -0.264. The van der Waals surface area contributed by atoms with Crippen LogP contribution in [0.5, 0.6) is 0 Å². The van der Waals surface area contributed by atoms with E-state index in [4.69, 9.17) is 4.42 Å². The lowest BCUT2D eigenvalue weighted by Crippen LogP contribution is -2.44. The van der Waals surface area contributed by atoms with Gasteiger partial charge in [0.15, 0.2) is 0 Å². The number of nitrogens with one attached hydrogen (secondary N) is 2. The Morgan fingerprint density at radius 3 is 2.62 bits per heavy atom. The third-order valence-electron chi connectivity index (χ3n) is 4.35. The first-order valence-corrected chi connectivity index (χ1v) is 9.41. The van der Waals surface area contributed by atoms with E-state index in [2.05, 4.69) is 10.6 Å². The average Bonchev–Trinajstić information content (AvgIpc) is 3.37. The predicted octanol–water partition coefficient (Wildman–Crippen LogP) is 1.63. The van der Waals surface area contributed by atoms with Gasteiger partial charge in [0.2, 0.25) is 11.8 Å². The van der Waals surface area contributed by atoms with Gasteiger partial charge in [-0.3, -0.25) is 14.4 Å². The van der Waals surface area contributed by atoms with Crippen LogP contribution in [-0.2, 0) is 16.1 Å². The monoisotopic (exact) mass is 375 g/mol. The number of thiophene rings is 1. The van der Waals surface area contributed by atoms with Gasteiger partial charge in [0.1, 0.15) is 5.76 Å². The van der Waals surface area contributed by atoms with E-state index in [0.717, 1.165) is 4.88 Å². The predicted molar refractivity (Wildman–Crippen MR) is 96.5 cm³/mol. The molecule has 0 radical (unpaired) electrons. The summed E-state index contributed by atoms with van der Waals surface area (Å²) in [5, 5.41) is 7.23. The molecule has 8 heteroatoms. The first kappa shape index (κ1) is 18.2. The van der Waals surface area contributed by atoms with E-state index in [1.54, 1.807) is 23.3 Å². The molecule has 7 nitrogen and oxygen atoms in total. The number of piperidine rings is 1. The summed E-state index contributed by atoms with van der Waals surface area (Å²) in [5.74, 6) is 0.116. The van der Waals surface area contributed by atoms with E-state index in [0.29, 0.717) is 38.2 Å². The molecular weight excluding hydrogens is 354 g/mol. The van der Waals surface area contributed by atoms with Crippen molar-refractivity contribution in [3.05, 3.63) is 46.5 Å². The molecule has 0 bridgehead atoms. The van der Waals surface area contributed by atoms with Crippen LogP contribution in [0.3, 0.4) is 0 Å². The van der Waals surface area contributed by atoms with Crippen molar-refractivity contribution in [3.8, 4) is 0 Å². The molecule has 0 saturated carbocycles. The van der Waals surface area contributed by atoms with Crippen molar-refractivity contribution < 1.29 is 18.8 Å². The molecule has 0 aromatic carbocycles. The number of amides is 3. The van der Waals surface area contributed by atoms with E-state index in [1.165, 1.54) is 11.3 Å². The minimum absolute atomic E-state index is 0.0242. The summed E-state index contributed by atoms with van der Waals surface area (Å²) in [6, 6.07) is 7.19. The highest BCUT2D eigenvalue weighted by Gasteiger charge is 2.28. The van der Waals surface area contributed by atoms with Gasteiger partial charge in [-0.15, -0.1) is 11.3 Å². The number of likely N-dealkylation sites (tertiary alicyclic amines) is 1. The van der Waals surface area contributed by atoms with Crippen molar-refractivity contribution in [2.45, 2.75) is 19.4 Å². The zero-order valence-electron chi connectivity index (χ0n) is 14.3. The second-order valence-electron chi connectivity index (χ2n) is 6.12. The van der Waals surface area contributed by atoms with Gasteiger partial charge in [0.05, 0.1) is 24.2 Å². The van der Waals surface area contributed by atoms with Crippen molar-refractivity contribution in [2.75, 3.05) is 19.6 Å². The van der Waals surface area contributed by atoms with Gasteiger partial charge < -0.3 is 20.0 Å². The van der Waals surface area contributed by atoms with Crippen molar-refractivity contribution in [1.29, 1.82) is 0 Å². The highest BCUT2D eigenvalue weighted by Crippen LogP contribution is 2.20. The molecule has 0 spiro atoms. The maximum absolute atomic E-state index is 12.3. The molecule has 2 N–H and O–H groups in total. The molecule has 0 atom stereocenters. The molecule has 0 unspecified atom stereocenters. The fourth-order valence-corrected chi connectivity index (χ4v) is 3.56. The third-order valence-corrected chi connectivity index (χ3v) is 5.21. The Labute approximate surface area is 155 Å². The van der Waals surface area contributed by atoms with Crippen LogP contribution in [0.1, 0.15) is 28.3 Å². The Hall–Kier alpha value is -2.61. The van der Waals surface area contributed by atoms with Crippen LogP contribution in [-0.4, -0.2) is 42.3 Å². The molecule has 138 valence electrons. The zero-order chi connectivity index (χ0) is 18.4. The fraction of sp³-hybridized carbons (Fsp3) is 0.389. The minimum Gasteiger partial charge on any atom is -0.467 e. The molecule has 2 aromatic rings. The maximum atomic E-state index is 12.3. The Morgan fingerprint density at radius 1 is 1.15 bits per heavy atom. The summed E-state index contributed by atoms with van der Waals surface area (Å²) >= 11 is 1.43. The molecule has 3 rings (SSSR count). The van der Waals surface area contributed by atoms with Crippen LogP contribution < -0.4 is 10.6 Å². The van der Waals surface area contributed by atoms with E-state index in [-0.39, 0.29) is 30.2 Å². The van der Waals surface area contributed by atoms with Gasteiger partial charge in [0.25, 0.3) is 5.91 Å². The Kier molecular flexibility index (Phi) is 6.06. The van der Waals surface area contributed by atoms with Crippen LogP contribution in [0.2, 0.25) is 0 Å². The molecule has 2 aromatic heterocycles. The molecular formula is C18H21N3O4S. The standard InChI is InChI=1S/C18H21N3O4S/c22-16(19-11-14-3-1-9-25-14)12-20-17(23)13-5-7-21(8-6-13)18(24)15-4-2-10-26-15/h1-4,9-10,13H,5-8,11-12H2,(H,19,22)(H,20,23). The van der Waals surface area contributed by atoms with E-state index >= 15 is 0 Å². The zero-order valence-corrected chi connectivity index (χ0v) is 15.1. The number of rotatable bonds is 6. The number of carbonyl (C=O) groups excluding carboxylic acids is 3. The normalized spacial score (nSPS) is 14.8.